The molecule has 0 heterocycles. The van der Waals surface area contributed by atoms with Gasteiger partial charge in [-0.3, -0.25) is 4.79 Å². The van der Waals surface area contributed by atoms with Gasteiger partial charge in [-0.05, 0) is 44.9 Å². The summed E-state index contributed by atoms with van der Waals surface area (Å²) < 4.78 is 0.985. The van der Waals surface area contributed by atoms with E-state index in [1.807, 2.05) is 45.0 Å². The zero-order chi connectivity index (χ0) is 13.8. The third kappa shape index (κ3) is 4.89. The summed E-state index contributed by atoms with van der Waals surface area (Å²) in [6.45, 7) is 5.71. The van der Waals surface area contributed by atoms with Crippen LogP contribution in [0.3, 0.4) is 0 Å². The summed E-state index contributed by atoms with van der Waals surface area (Å²) in [5, 5.41) is 11.9. The molecule has 1 aromatic rings. The van der Waals surface area contributed by atoms with Gasteiger partial charge in [0.1, 0.15) is 5.92 Å². The van der Waals surface area contributed by atoms with Crippen LogP contribution in [0, 0.1) is 17.2 Å². The van der Waals surface area contributed by atoms with Crippen LogP contribution in [0.5, 0.6) is 0 Å². The van der Waals surface area contributed by atoms with Crippen molar-refractivity contribution >= 4 is 21.8 Å². The SMILES string of the molecule is CC(C)(C)NC(=O)C(C#N)Cc1ccc(Br)cc1. The number of nitrogens with zero attached hydrogens (tertiary/aromatic N) is 1. The summed E-state index contributed by atoms with van der Waals surface area (Å²) >= 11 is 3.35. The molecule has 1 rings (SSSR count). The number of carbonyl (C=O) groups excluding carboxylic acids is 1. The molecule has 0 aliphatic rings. The summed E-state index contributed by atoms with van der Waals surface area (Å²) in [4.78, 5) is 11.9. The topological polar surface area (TPSA) is 52.9 Å². The number of nitriles is 1. The van der Waals surface area contributed by atoms with Gasteiger partial charge >= 0.3 is 0 Å². The quantitative estimate of drug-likeness (QED) is 0.933. The van der Waals surface area contributed by atoms with Crippen LogP contribution in [0.25, 0.3) is 0 Å². The highest BCUT2D eigenvalue weighted by Crippen LogP contribution is 2.14. The molecule has 1 atom stereocenters. The average molecular weight is 309 g/mol. The van der Waals surface area contributed by atoms with Crippen molar-refractivity contribution in [2.75, 3.05) is 0 Å². The number of hydrogen-bond acceptors (Lipinski definition) is 2. The van der Waals surface area contributed by atoms with Gasteiger partial charge in [0.2, 0.25) is 5.91 Å². The molecule has 0 saturated heterocycles. The van der Waals surface area contributed by atoms with Crippen LogP contribution in [0.1, 0.15) is 26.3 Å². The molecular formula is C14H17BrN2O. The van der Waals surface area contributed by atoms with Crippen molar-refractivity contribution in [3.63, 3.8) is 0 Å². The Hall–Kier alpha value is -1.34. The molecule has 0 spiro atoms. The number of nitrogens with one attached hydrogen (secondary N) is 1. The minimum absolute atomic E-state index is 0.215. The molecule has 1 unspecified atom stereocenters. The lowest BCUT2D eigenvalue weighted by atomic mass is 9.98. The van der Waals surface area contributed by atoms with Gasteiger partial charge in [-0.1, -0.05) is 28.1 Å². The van der Waals surface area contributed by atoms with E-state index < -0.39 is 5.92 Å². The third-order valence-electron chi connectivity index (χ3n) is 2.32. The Balaban J connectivity index is 2.71. The summed E-state index contributed by atoms with van der Waals surface area (Å²) in [6.07, 6.45) is 0.436. The Bertz CT molecular complexity index is 454. The fourth-order valence-corrected chi connectivity index (χ4v) is 1.77. The molecule has 0 saturated carbocycles. The minimum Gasteiger partial charge on any atom is -0.350 e. The Morgan fingerprint density at radius 2 is 1.94 bits per heavy atom. The highest BCUT2D eigenvalue weighted by atomic mass is 79.9. The van der Waals surface area contributed by atoms with Crippen LogP contribution in [-0.4, -0.2) is 11.4 Å². The van der Waals surface area contributed by atoms with E-state index in [1.54, 1.807) is 0 Å². The lowest BCUT2D eigenvalue weighted by molar-refractivity contribution is -0.124. The standard InChI is InChI=1S/C14H17BrN2O/c1-14(2,3)17-13(18)11(9-16)8-10-4-6-12(15)7-5-10/h4-7,11H,8H2,1-3H3,(H,17,18). The molecule has 96 valence electrons. The van der Waals surface area contributed by atoms with Gasteiger partial charge in [-0.25, -0.2) is 0 Å². The number of amides is 1. The van der Waals surface area contributed by atoms with Gasteiger partial charge in [0, 0.05) is 10.0 Å². The normalized spacial score (nSPS) is 12.6. The summed E-state index contributed by atoms with van der Waals surface area (Å²) in [5.41, 5.74) is 0.667. The second kappa shape index (κ2) is 6.01. The largest absolute Gasteiger partial charge is 0.350 e. The maximum absolute atomic E-state index is 11.9. The minimum atomic E-state index is -0.648. The number of halogens is 1. The molecule has 18 heavy (non-hydrogen) atoms. The van der Waals surface area contributed by atoms with Crippen LogP contribution < -0.4 is 5.32 Å². The fraction of sp³-hybridized carbons (Fsp3) is 0.429. The Labute approximate surface area is 116 Å². The first-order valence-corrected chi connectivity index (χ1v) is 6.57. The molecule has 0 aliphatic heterocycles. The van der Waals surface area contributed by atoms with Gasteiger partial charge in [-0.15, -0.1) is 0 Å². The van der Waals surface area contributed by atoms with Crippen LogP contribution in [-0.2, 0) is 11.2 Å². The van der Waals surface area contributed by atoms with E-state index in [9.17, 15) is 4.79 Å². The van der Waals surface area contributed by atoms with Crippen molar-refractivity contribution in [1.82, 2.24) is 5.32 Å². The van der Waals surface area contributed by atoms with Crippen LogP contribution in [0.4, 0.5) is 0 Å². The van der Waals surface area contributed by atoms with E-state index in [0.717, 1.165) is 10.0 Å². The maximum atomic E-state index is 11.9. The first kappa shape index (κ1) is 14.7. The molecular weight excluding hydrogens is 292 g/mol. The second-order valence-corrected chi connectivity index (χ2v) is 6.17. The molecule has 1 amide bonds. The van der Waals surface area contributed by atoms with Crippen molar-refractivity contribution < 1.29 is 4.79 Å². The maximum Gasteiger partial charge on any atom is 0.238 e. The van der Waals surface area contributed by atoms with Crippen LogP contribution in [0.2, 0.25) is 0 Å². The van der Waals surface area contributed by atoms with Crippen LogP contribution >= 0.6 is 15.9 Å². The molecule has 0 radical (unpaired) electrons. The summed E-state index contributed by atoms with van der Waals surface area (Å²) in [5.74, 6) is -0.863. The zero-order valence-corrected chi connectivity index (χ0v) is 12.4. The predicted octanol–water partition coefficient (Wildman–Crippen LogP) is 3.05. The van der Waals surface area contributed by atoms with E-state index in [4.69, 9.17) is 5.26 Å². The fourth-order valence-electron chi connectivity index (χ4n) is 1.51. The zero-order valence-electron chi connectivity index (χ0n) is 10.8. The van der Waals surface area contributed by atoms with Crippen molar-refractivity contribution in [2.45, 2.75) is 32.7 Å². The molecule has 1 aromatic carbocycles. The van der Waals surface area contributed by atoms with Crippen molar-refractivity contribution in [2.24, 2.45) is 5.92 Å². The smallest absolute Gasteiger partial charge is 0.238 e. The number of rotatable bonds is 3. The lowest BCUT2D eigenvalue weighted by Gasteiger charge is -2.22. The molecule has 4 heteroatoms. The first-order chi connectivity index (χ1) is 8.31. The van der Waals surface area contributed by atoms with Gasteiger partial charge < -0.3 is 5.32 Å². The van der Waals surface area contributed by atoms with E-state index >= 15 is 0 Å². The highest BCUT2D eigenvalue weighted by Gasteiger charge is 2.22. The van der Waals surface area contributed by atoms with Gasteiger partial charge in [0.05, 0.1) is 6.07 Å². The number of carbonyl (C=O) groups is 1. The van der Waals surface area contributed by atoms with E-state index in [1.165, 1.54) is 0 Å². The molecule has 0 aliphatic carbocycles. The van der Waals surface area contributed by atoms with Gasteiger partial charge in [0.15, 0.2) is 0 Å². The molecule has 3 nitrogen and oxygen atoms in total. The molecule has 0 bridgehead atoms. The van der Waals surface area contributed by atoms with E-state index in [0.29, 0.717) is 6.42 Å². The Morgan fingerprint density at radius 1 is 1.39 bits per heavy atom. The highest BCUT2D eigenvalue weighted by molar-refractivity contribution is 9.10. The van der Waals surface area contributed by atoms with E-state index in [2.05, 4.69) is 27.3 Å². The van der Waals surface area contributed by atoms with Crippen molar-refractivity contribution in [1.29, 1.82) is 5.26 Å². The van der Waals surface area contributed by atoms with Crippen molar-refractivity contribution in [3.8, 4) is 6.07 Å². The average Bonchev–Trinajstić information content (AvgIpc) is 2.25. The monoisotopic (exact) mass is 308 g/mol. The second-order valence-electron chi connectivity index (χ2n) is 5.25. The molecule has 1 N–H and O–H groups in total. The van der Waals surface area contributed by atoms with E-state index in [-0.39, 0.29) is 11.4 Å². The predicted molar refractivity (Wildman–Crippen MR) is 74.8 cm³/mol. The first-order valence-electron chi connectivity index (χ1n) is 5.78. The summed E-state index contributed by atoms with van der Waals surface area (Å²) in [6, 6.07) is 9.71. The third-order valence-corrected chi connectivity index (χ3v) is 2.85. The lowest BCUT2D eigenvalue weighted by Crippen LogP contribution is -2.44. The van der Waals surface area contributed by atoms with Crippen molar-refractivity contribution in [3.05, 3.63) is 34.3 Å². The molecule has 0 fully saturated rings. The van der Waals surface area contributed by atoms with Gasteiger partial charge in [0.25, 0.3) is 0 Å². The van der Waals surface area contributed by atoms with Crippen LogP contribution in [0.15, 0.2) is 28.7 Å². The number of benzene rings is 1. The Kier molecular flexibility index (Phi) is 4.92. The number of hydrogen-bond donors (Lipinski definition) is 1. The Morgan fingerprint density at radius 3 is 2.39 bits per heavy atom. The molecule has 0 aromatic heterocycles. The van der Waals surface area contributed by atoms with Gasteiger partial charge in [-0.2, -0.15) is 5.26 Å². The summed E-state index contributed by atoms with van der Waals surface area (Å²) in [7, 11) is 0.